The Morgan fingerprint density at radius 2 is 2.17 bits per heavy atom. The Hall–Kier alpha value is -0.600. The van der Waals surface area contributed by atoms with Gasteiger partial charge in [0.15, 0.2) is 0 Å². The van der Waals surface area contributed by atoms with Crippen molar-refractivity contribution in [3.8, 4) is 0 Å². The van der Waals surface area contributed by atoms with Crippen molar-refractivity contribution in [1.82, 2.24) is 0 Å². The van der Waals surface area contributed by atoms with Crippen molar-refractivity contribution in [3.05, 3.63) is 0 Å². The molecule has 0 aromatic rings. The minimum absolute atomic E-state index is 0.431. The maximum Gasteiger partial charge on any atom is 0.293 e. The van der Waals surface area contributed by atoms with Gasteiger partial charge < -0.3 is 4.74 Å². The number of halogens is 1. The predicted molar refractivity (Wildman–Crippen MR) is 45.6 cm³/mol. The Balaban J connectivity index is 0.000000217. The van der Waals surface area contributed by atoms with Gasteiger partial charge >= 0.3 is 0 Å². The topological polar surface area (TPSA) is 26.3 Å². The van der Waals surface area contributed by atoms with E-state index in [0.29, 0.717) is 19.0 Å². The molecule has 0 bridgehead atoms. The predicted octanol–water partition coefficient (Wildman–Crippen LogP) is 2.32. The number of hydrogen-bond acceptors (Lipinski definition) is 2. The number of carbonyl (C=O) groups excluding carboxylic acids is 1. The van der Waals surface area contributed by atoms with Crippen LogP contribution < -0.4 is 0 Å². The van der Waals surface area contributed by atoms with Crippen LogP contribution in [0.25, 0.3) is 0 Å². The summed E-state index contributed by atoms with van der Waals surface area (Å²) in [5, 5.41) is 0. The lowest BCUT2D eigenvalue weighted by molar-refractivity contribution is -0.128. The number of carbonyl (C=O) groups is 1. The average Bonchev–Trinajstić information content (AvgIpc) is 1.86. The second-order valence-electron chi connectivity index (χ2n) is 3.48. The molecule has 0 saturated heterocycles. The first kappa shape index (κ1) is 11.4. The van der Waals surface area contributed by atoms with Gasteiger partial charge in [-0.2, -0.15) is 0 Å². The molecule has 12 heavy (non-hydrogen) atoms. The zero-order valence-electron chi connectivity index (χ0n) is 7.97. The van der Waals surface area contributed by atoms with E-state index in [9.17, 15) is 9.18 Å². The molecular weight excluding hydrogens is 159 g/mol. The van der Waals surface area contributed by atoms with Gasteiger partial charge in [0.2, 0.25) is 0 Å². The van der Waals surface area contributed by atoms with Crippen LogP contribution in [-0.2, 0) is 9.53 Å². The van der Waals surface area contributed by atoms with Crippen molar-refractivity contribution in [2.24, 2.45) is 5.92 Å². The second-order valence-corrected chi connectivity index (χ2v) is 3.48. The summed E-state index contributed by atoms with van der Waals surface area (Å²) in [7, 11) is 0. The van der Waals surface area contributed by atoms with Crippen molar-refractivity contribution in [2.45, 2.75) is 39.3 Å². The lowest BCUT2D eigenvalue weighted by Crippen LogP contribution is -2.34. The van der Waals surface area contributed by atoms with Crippen LogP contribution in [0.2, 0.25) is 0 Å². The number of rotatable bonds is 2. The molecule has 72 valence electrons. The largest absolute Gasteiger partial charge is 0.468 e. The highest BCUT2D eigenvalue weighted by molar-refractivity contribution is 5.36. The van der Waals surface area contributed by atoms with Crippen LogP contribution in [0.1, 0.15) is 33.6 Å². The molecule has 0 aliphatic heterocycles. The molecule has 0 spiro atoms. The first-order valence-electron chi connectivity index (χ1n) is 4.26. The highest BCUT2D eigenvalue weighted by Crippen LogP contribution is 2.39. The molecule has 0 atom stereocenters. The maximum absolute atomic E-state index is 12.5. The van der Waals surface area contributed by atoms with Crippen molar-refractivity contribution >= 4 is 6.47 Å². The van der Waals surface area contributed by atoms with E-state index in [1.165, 1.54) is 0 Å². The Kier molecular flexibility index (Phi) is 4.86. The summed E-state index contributed by atoms with van der Waals surface area (Å²) in [4.78, 5) is 9.18. The normalized spacial score (nSPS) is 32.5. The molecule has 0 N–H and O–H groups in total. The maximum atomic E-state index is 12.5. The van der Waals surface area contributed by atoms with Gasteiger partial charge in [-0.1, -0.05) is 6.92 Å². The van der Waals surface area contributed by atoms with Crippen LogP contribution in [0.4, 0.5) is 4.39 Å². The van der Waals surface area contributed by atoms with E-state index in [-0.39, 0.29) is 0 Å². The molecule has 1 saturated carbocycles. The van der Waals surface area contributed by atoms with Crippen LogP contribution in [0, 0.1) is 5.92 Å². The Bertz CT molecular complexity index is 126. The van der Waals surface area contributed by atoms with Crippen molar-refractivity contribution < 1.29 is 13.9 Å². The van der Waals surface area contributed by atoms with E-state index in [4.69, 9.17) is 0 Å². The third kappa shape index (κ3) is 5.10. The van der Waals surface area contributed by atoms with E-state index >= 15 is 0 Å². The van der Waals surface area contributed by atoms with Crippen molar-refractivity contribution in [3.63, 3.8) is 0 Å². The highest BCUT2D eigenvalue weighted by Gasteiger charge is 2.37. The molecular formula is C9H17FO2. The van der Waals surface area contributed by atoms with Gasteiger partial charge in [0.05, 0.1) is 6.61 Å². The standard InChI is InChI=1S/C6H11F.C3H6O2/c1-5-3-6(2,7)4-5;1-2-5-3-4/h5H,3-4H2,1-2H3;3H,2H2,1H3. The molecule has 0 aromatic carbocycles. The SMILES string of the molecule is CC1CC(C)(F)C1.CCOC=O. The molecule has 0 amide bonds. The zero-order valence-corrected chi connectivity index (χ0v) is 7.97. The number of hydrogen-bond donors (Lipinski definition) is 0. The Morgan fingerprint density at radius 1 is 1.67 bits per heavy atom. The van der Waals surface area contributed by atoms with Crippen LogP contribution in [0.5, 0.6) is 0 Å². The van der Waals surface area contributed by atoms with E-state index in [1.54, 1.807) is 13.8 Å². The molecule has 1 aliphatic carbocycles. The average molecular weight is 176 g/mol. The first-order chi connectivity index (χ1) is 5.52. The van der Waals surface area contributed by atoms with Gasteiger partial charge in [0, 0.05) is 0 Å². The third-order valence-electron chi connectivity index (χ3n) is 1.78. The number of alkyl halides is 1. The van der Waals surface area contributed by atoms with Crippen LogP contribution in [0.15, 0.2) is 0 Å². The van der Waals surface area contributed by atoms with Crippen molar-refractivity contribution in [1.29, 1.82) is 0 Å². The Labute approximate surface area is 73.1 Å². The summed E-state index contributed by atoms with van der Waals surface area (Å²) in [5.74, 6) is 0.634. The summed E-state index contributed by atoms with van der Waals surface area (Å²) >= 11 is 0. The third-order valence-corrected chi connectivity index (χ3v) is 1.78. The van der Waals surface area contributed by atoms with Gasteiger partial charge in [0.1, 0.15) is 5.67 Å². The molecule has 0 aromatic heterocycles. The number of ether oxygens (including phenoxy) is 1. The van der Waals surface area contributed by atoms with Gasteiger partial charge in [0.25, 0.3) is 6.47 Å². The Morgan fingerprint density at radius 3 is 2.17 bits per heavy atom. The smallest absolute Gasteiger partial charge is 0.293 e. The fraction of sp³-hybridized carbons (Fsp3) is 0.889. The summed E-state index contributed by atoms with van der Waals surface area (Å²) in [6.07, 6.45) is 1.54. The van der Waals surface area contributed by atoms with Gasteiger partial charge in [-0.3, -0.25) is 4.79 Å². The summed E-state index contributed by atoms with van der Waals surface area (Å²) in [5.41, 5.74) is -0.806. The van der Waals surface area contributed by atoms with E-state index in [2.05, 4.69) is 11.7 Å². The summed E-state index contributed by atoms with van der Waals surface area (Å²) < 4.78 is 16.6. The minimum atomic E-state index is -0.806. The van der Waals surface area contributed by atoms with E-state index in [0.717, 1.165) is 12.8 Å². The van der Waals surface area contributed by atoms with Crippen LogP contribution in [0.3, 0.4) is 0 Å². The monoisotopic (exact) mass is 176 g/mol. The molecule has 0 radical (unpaired) electrons. The van der Waals surface area contributed by atoms with Gasteiger partial charge in [-0.15, -0.1) is 0 Å². The first-order valence-corrected chi connectivity index (χ1v) is 4.26. The molecule has 1 fully saturated rings. The zero-order chi connectivity index (χ0) is 9.61. The quantitative estimate of drug-likeness (QED) is 0.603. The van der Waals surface area contributed by atoms with Gasteiger partial charge in [-0.25, -0.2) is 4.39 Å². The van der Waals surface area contributed by atoms with Crippen LogP contribution >= 0.6 is 0 Å². The summed E-state index contributed by atoms with van der Waals surface area (Å²) in [6.45, 7) is 6.42. The van der Waals surface area contributed by atoms with E-state index in [1.807, 2.05) is 0 Å². The molecule has 1 aliphatic rings. The molecule has 2 nitrogen and oxygen atoms in total. The lowest BCUT2D eigenvalue weighted by Gasteiger charge is -2.36. The molecule has 3 heteroatoms. The molecule has 0 unspecified atom stereocenters. The second kappa shape index (κ2) is 5.12. The fourth-order valence-electron chi connectivity index (χ4n) is 1.46. The minimum Gasteiger partial charge on any atom is -0.468 e. The van der Waals surface area contributed by atoms with Gasteiger partial charge in [-0.05, 0) is 32.6 Å². The van der Waals surface area contributed by atoms with Crippen LogP contribution in [-0.4, -0.2) is 18.7 Å². The molecule has 0 heterocycles. The fourth-order valence-corrected chi connectivity index (χ4v) is 1.46. The molecule has 1 rings (SSSR count). The van der Waals surface area contributed by atoms with Crippen molar-refractivity contribution in [2.75, 3.05) is 6.61 Å². The highest BCUT2D eigenvalue weighted by atomic mass is 19.1. The van der Waals surface area contributed by atoms with E-state index < -0.39 is 5.67 Å². The lowest BCUT2D eigenvalue weighted by atomic mass is 9.75. The summed E-state index contributed by atoms with van der Waals surface area (Å²) in [6, 6.07) is 0.